The summed E-state index contributed by atoms with van der Waals surface area (Å²) in [5.74, 6) is -0.700. The Morgan fingerprint density at radius 2 is 1.55 bits per heavy atom. The fourth-order valence-electron chi connectivity index (χ4n) is 3.14. The van der Waals surface area contributed by atoms with Crippen molar-refractivity contribution < 1.29 is 14.0 Å². The van der Waals surface area contributed by atoms with E-state index >= 15 is 0 Å². The summed E-state index contributed by atoms with van der Waals surface area (Å²) in [6.07, 6.45) is 0. The van der Waals surface area contributed by atoms with Crippen molar-refractivity contribution in [2.45, 2.75) is 13.0 Å². The van der Waals surface area contributed by atoms with Crippen LogP contribution in [-0.2, 0) is 0 Å². The average molecular weight is 420 g/mol. The van der Waals surface area contributed by atoms with Crippen molar-refractivity contribution >= 4 is 29.0 Å². The van der Waals surface area contributed by atoms with Crippen molar-refractivity contribution in [1.29, 1.82) is 0 Å². The third-order valence-electron chi connectivity index (χ3n) is 4.71. The van der Waals surface area contributed by atoms with E-state index in [-0.39, 0.29) is 11.9 Å². The maximum atomic E-state index is 13.3. The van der Waals surface area contributed by atoms with E-state index in [1.54, 1.807) is 24.3 Å². The lowest BCUT2D eigenvalue weighted by Crippen LogP contribution is -2.28. The molecule has 7 heteroatoms. The molecule has 0 bridgehead atoms. The topological polar surface area (TPSA) is 73.5 Å². The summed E-state index contributed by atoms with van der Waals surface area (Å²) >= 11 is 0. The van der Waals surface area contributed by atoms with E-state index in [0.29, 0.717) is 22.6 Å². The van der Waals surface area contributed by atoms with Crippen molar-refractivity contribution in [3.63, 3.8) is 0 Å². The number of rotatable bonds is 6. The number of carbonyl (C=O) groups excluding carboxylic acids is 2. The Bertz CT molecular complexity index is 1070. The summed E-state index contributed by atoms with van der Waals surface area (Å²) in [6.45, 7) is 1.91. The molecule has 0 saturated heterocycles. The SMILES string of the molecule is CC(NC(=O)c1cc(NC(=O)Nc2cccc(F)c2)ccc1N(C)C)c1ccccc1. The number of nitrogens with zero attached hydrogens (tertiary/aromatic N) is 1. The van der Waals surface area contributed by atoms with Crippen LogP contribution in [0.3, 0.4) is 0 Å². The molecule has 0 radical (unpaired) electrons. The molecule has 3 amide bonds. The molecule has 3 rings (SSSR count). The van der Waals surface area contributed by atoms with E-state index in [1.165, 1.54) is 18.2 Å². The van der Waals surface area contributed by atoms with E-state index in [9.17, 15) is 14.0 Å². The van der Waals surface area contributed by atoms with Crippen molar-refractivity contribution in [2.24, 2.45) is 0 Å². The second-order valence-corrected chi connectivity index (χ2v) is 7.32. The number of carbonyl (C=O) groups is 2. The number of halogens is 1. The molecule has 6 nitrogen and oxygen atoms in total. The van der Waals surface area contributed by atoms with E-state index in [1.807, 2.05) is 56.3 Å². The van der Waals surface area contributed by atoms with Gasteiger partial charge in [-0.3, -0.25) is 4.79 Å². The van der Waals surface area contributed by atoms with Gasteiger partial charge in [0, 0.05) is 31.2 Å². The molecular formula is C24H25FN4O2. The lowest BCUT2D eigenvalue weighted by molar-refractivity contribution is 0.0940. The minimum atomic E-state index is -0.535. The number of hydrogen-bond acceptors (Lipinski definition) is 3. The molecule has 31 heavy (non-hydrogen) atoms. The van der Waals surface area contributed by atoms with Crippen LogP contribution in [0.4, 0.5) is 26.2 Å². The monoisotopic (exact) mass is 420 g/mol. The number of hydrogen-bond donors (Lipinski definition) is 3. The highest BCUT2D eigenvalue weighted by Gasteiger charge is 2.17. The van der Waals surface area contributed by atoms with Crippen LogP contribution in [0.2, 0.25) is 0 Å². The van der Waals surface area contributed by atoms with Crippen LogP contribution in [0.15, 0.2) is 72.8 Å². The lowest BCUT2D eigenvalue weighted by atomic mass is 10.1. The minimum absolute atomic E-state index is 0.184. The van der Waals surface area contributed by atoms with E-state index in [2.05, 4.69) is 16.0 Å². The summed E-state index contributed by atoms with van der Waals surface area (Å²) in [4.78, 5) is 27.1. The van der Waals surface area contributed by atoms with Gasteiger partial charge in [0.2, 0.25) is 0 Å². The largest absolute Gasteiger partial charge is 0.377 e. The zero-order valence-corrected chi connectivity index (χ0v) is 17.6. The summed E-state index contributed by atoms with van der Waals surface area (Å²) in [6, 6.07) is 19.6. The van der Waals surface area contributed by atoms with Gasteiger partial charge in [-0.25, -0.2) is 9.18 Å². The molecule has 0 aliphatic heterocycles. The molecule has 3 aromatic rings. The third kappa shape index (κ3) is 5.82. The van der Waals surface area contributed by atoms with Gasteiger partial charge >= 0.3 is 6.03 Å². The molecule has 0 fully saturated rings. The Hall–Kier alpha value is -3.87. The first kappa shape index (κ1) is 21.8. The number of amides is 3. The second kappa shape index (κ2) is 9.75. The van der Waals surface area contributed by atoms with Gasteiger partial charge in [-0.15, -0.1) is 0 Å². The van der Waals surface area contributed by atoms with E-state index < -0.39 is 11.8 Å². The van der Waals surface area contributed by atoms with Gasteiger partial charge in [0.15, 0.2) is 0 Å². The van der Waals surface area contributed by atoms with Crippen LogP contribution in [0.25, 0.3) is 0 Å². The van der Waals surface area contributed by atoms with Crippen LogP contribution in [0, 0.1) is 5.82 Å². The highest BCUT2D eigenvalue weighted by atomic mass is 19.1. The zero-order chi connectivity index (χ0) is 22.4. The van der Waals surface area contributed by atoms with Gasteiger partial charge in [-0.05, 0) is 48.9 Å². The predicted octanol–water partition coefficient (Wildman–Crippen LogP) is 5.03. The first-order valence-electron chi connectivity index (χ1n) is 9.84. The quantitative estimate of drug-likeness (QED) is 0.524. The Morgan fingerprint density at radius 1 is 0.871 bits per heavy atom. The molecule has 0 aliphatic rings. The van der Waals surface area contributed by atoms with Gasteiger partial charge in [0.1, 0.15) is 5.82 Å². The van der Waals surface area contributed by atoms with Gasteiger partial charge in [0.05, 0.1) is 11.6 Å². The molecule has 0 heterocycles. The minimum Gasteiger partial charge on any atom is -0.377 e. The van der Waals surface area contributed by atoms with Crippen molar-refractivity contribution in [2.75, 3.05) is 29.6 Å². The summed E-state index contributed by atoms with van der Waals surface area (Å²) in [5, 5.41) is 8.25. The standard InChI is InChI=1S/C24H25FN4O2/c1-16(17-8-5-4-6-9-17)26-23(30)21-15-20(12-13-22(21)29(2)3)28-24(31)27-19-11-7-10-18(25)14-19/h4-16H,1-3H3,(H,26,30)(H2,27,28,31). The number of nitrogens with one attached hydrogen (secondary N) is 3. The first-order valence-corrected chi connectivity index (χ1v) is 9.84. The molecule has 3 aromatic carbocycles. The first-order chi connectivity index (χ1) is 14.8. The van der Waals surface area contributed by atoms with Crippen LogP contribution in [0.1, 0.15) is 28.9 Å². The number of benzene rings is 3. The Morgan fingerprint density at radius 3 is 2.19 bits per heavy atom. The van der Waals surface area contributed by atoms with E-state index in [0.717, 1.165) is 5.56 Å². The smallest absolute Gasteiger partial charge is 0.323 e. The van der Waals surface area contributed by atoms with Crippen LogP contribution in [0.5, 0.6) is 0 Å². The van der Waals surface area contributed by atoms with Crippen molar-refractivity contribution in [1.82, 2.24) is 5.32 Å². The zero-order valence-electron chi connectivity index (χ0n) is 17.6. The van der Waals surface area contributed by atoms with Gasteiger partial charge in [-0.2, -0.15) is 0 Å². The number of urea groups is 1. The maximum Gasteiger partial charge on any atom is 0.323 e. The molecule has 1 atom stereocenters. The van der Waals surface area contributed by atoms with Crippen LogP contribution in [-0.4, -0.2) is 26.0 Å². The van der Waals surface area contributed by atoms with Gasteiger partial charge < -0.3 is 20.9 Å². The molecule has 1 unspecified atom stereocenters. The molecule has 0 aromatic heterocycles. The Balaban J connectivity index is 1.77. The molecular weight excluding hydrogens is 395 g/mol. The Labute approximate surface area is 181 Å². The molecule has 0 saturated carbocycles. The molecule has 0 spiro atoms. The van der Waals surface area contributed by atoms with Crippen LogP contribution < -0.4 is 20.9 Å². The lowest BCUT2D eigenvalue weighted by Gasteiger charge is -2.20. The van der Waals surface area contributed by atoms with E-state index in [4.69, 9.17) is 0 Å². The normalized spacial score (nSPS) is 11.4. The molecule has 3 N–H and O–H groups in total. The molecule has 0 aliphatic carbocycles. The van der Waals surface area contributed by atoms with Gasteiger partial charge in [0.25, 0.3) is 5.91 Å². The predicted molar refractivity (Wildman–Crippen MR) is 122 cm³/mol. The Kier molecular flexibility index (Phi) is 6.87. The summed E-state index contributed by atoms with van der Waals surface area (Å²) in [5.41, 5.74) is 2.91. The number of anilines is 3. The van der Waals surface area contributed by atoms with Crippen molar-refractivity contribution in [3.05, 3.63) is 89.7 Å². The fourth-order valence-corrected chi connectivity index (χ4v) is 3.14. The highest BCUT2D eigenvalue weighted by molar-refractivity contribution is 6.04. The van der Waals surface area contributed by atoms with Crippen LogP contribution >= 0.6 is 0 Å². The summed E-state index contributed by atoms with van der Waals surface area (Å²) in [7, 11) is 3.69. The van der Waals surface area contributed by atoms with Gasteiger partial charge in [-0.1, -0.05) is 36.4 Å². The maximum absolute atomic E-state index is 13.3. The summed E-state index contributed by atoms with van der Waals surface area (Å²) < 4.78 is 13.3. The second-order valence-electron chi connectivity index (χ2n) is 7.32. The third-order valence-corrected chi connectivity index (χ3v) is 4.71. The highest BCUT2D eigenvalue weighted by Crippen LogP contribution is 2.24. The molecule has 160 valence electrons. The fraction of sp³-hybridized carbons (Fsp3) is 0.167. The van der Waals surface area contributed by atoms with Crippen molar-refractivity contribution in [3.8, 4) is 0 Å². The average Bonchev–Trinajstić information content (AvgIpc) is 2.74.